The van der Waals surface area contributed by atoms with Gasteiger partial charge in [-0.15, -0.1) is 0 Å². The van der Waals surface area contributed by atoms with Crippen LogP contribution in [0, 0.1) is 35.6 Å². The molecule has 5 heteroatoms. The molecule has 5 heavy (non-hydrogen) atoms. The maximum absolute atomic E-state index is 0. The van der Waals surface area contributed by atoms with Gasteiger partial charge in [0.1, 0.15) is 0 Å². The fraction of sp³-hybridized carbons (Fsp3) is 0. The Kier molecular flexibility index (Phi) is 283. The van der Waals surface area contributed by atoms with Gasteiger partial charge < -0.3 is 5.48 Å². The van der Waals surface area contributed by atoms with Crippen LogP contribution in [0.5, 0.6) is 0 Å². The summed E-state index contributed by atoms with van der Waals surface area (Å²) in [4.78, 5) is 0. The zero-order valence-electron chi connectivity index (χ0n) is 2.05. The molecule has 0 fully saturated rings. The molecule has 0 saturated heterocycles. The zero-order valence-corrected chi connectivity index (χ0v) is 9.00. The van der Waals surface area contributed by atoms with Gasteiger partial charge in [0.2, 0.25) is 0 Å². The van der Waals surface area contributed by atoms with Crippen molar-refractivity contribution >= 4 is 0 Å². The molecule has 0 saturated carbocycles. The molecule has 0 aliphatic rings. The van der Waals surface area contributed by atoms with Crippen LogP contribution in [-0.2, 0) is 56.4 Å². The monoisotopic (exact) mass is 325 g/mol. The maximum Gasteiger partial charge on any atom is 2.00 e. The molecular formula is CoFeLaMnO. The summed E-state index contributed by atoms with van der Waals surface area (Å²) in [6.07, 6.45) is 0. The summed E-state index contributed by atoms with van der Waals surface area (Å²) in [5.74, 6) is 0. The first-order chi connectivity index (χ1) is 0. The minimum Gasteiger partial charge on any atom is -2.00 e. The van der Waals surface area contributed by atoms with Gasteiger partial charge >= 0.3 is 17.1 Å². The van der Waals surface area contributed by atoms with Crippen LogP contribution >= 0.6 is 0 Å². The average Bonchev–Trinajstić information content (AvgIpc) is 0. The van der Waals surface area contributed by atoms with Crippen LogP contribution in [0.4, 0.5) is 0 Å². The molecule has 0 aromatic heterocycles. The Bertz CT molecular complexity index is 11.6. The molecule has 0 amide bonds. The Morgan fingerprint density at radius 1 is 1.00 bits per heavy atom. The largest absolute Gasteiger partial charge is 2.00 e. The summed E-state index contributed by atoms with van der Waals surface area (Å²) in [7, 11) is 0. The maximum atomic E-state index is 0. The minimum atomic E-state index is 0. The predicted octanol–water partition coefficient (Wildman–Crippen LogP) is -0.126. The van der Waals surface area contributed by atoms with E-state index in [9.17, 15) is 0 Å². The number of hydrogen-bond donors (Lipinski definition) is 0. The molecule has 0 rings (SSSR count). The second kappa shape index (κ2) is 29.9. The standard InChI is InChI=1S/Co.Fe.La.Mn.O/q;;;+2;-2. The molecule has 0 aromatic carbocycles. The van der Waals surface area contributed by atoms with E-state index >= 15 is 0 Å². The van der Waals surface area contributed by atoms with Crippen molar-refractivity contribution in [1.29, 1.82) is 0 Å². The third-order valence-corrected chi connectivity index (χ3v) is 0. The van der Waals surface area contributed by atoms with Crippen LogP contribution in [0.1, 0.15) is 0 Å². The molecule has 3 radical (unpaired) electrons. The van der Waals surface area contributed by atoms with Crippen LogP contribution in [0.2, 0.25) is 0 Å². The van der Waals surface area contributed by atoms with Gasteiger partial charge in [0, 0.05) is 69.4 Å². The van der Waals surface area contributed by atoms with Crippen molar-refractivity contribution in [1.82, 2.24) is 0 Å². The first-order valence-corrected chi connectivity index (χ1v) is 0. The summed E-state index contributed by atoms with van der Waals surface area (Å²) in [6.45, 7) is 0. The van der Waals surface area contributed by atoms with Crippen molar-refractivity contribution in [2.45, 2.75) is 0 Å². The number of hydrogen-bond acceptors (Lipinski definition) is 0. The SMILES string of the molecule is [Co].[Fe].[La].[Mn+2].[O-2]. The molecule has 0 N–H and O–H groups in total. The van der Waals surface area contributed by atoms with Crippen LogP contribution in [0.15, 0.2) is 0 Å². The molecule has 0 aliphatic heterocycles. The Morgan fingerprint density at radius 3 is 1.00 bits per heavy atom. The van der Waals surface area contributed by atoms with Crippen molar-refractivity contribution in [2.24, 2.45) is 0 Å². The molecule has 33 valence electrons. The molecule has 0 aromatic rings. The molecule has 0 aliphatic carbocycles. The Hall–Kier alpha value is 2.70. The summed E-state index contributed by atoms with van der Waals surface area (Å²) in [5.41, 5.74) is 0. The second-order valence-corrected chi connectivity index (χ2v) is 0. The Labute approximate surface area is 90.5 Å². The van der Waals surface area contributed by atoms with Crippen LogP contribution in [-0.4, -0.2) is 0 Å². The molecule has 1 nitrogen and oxygen atoms in total. The van der Waals surface area contributed by atoms with Crippen LogP contribution < -0.4 is 0 Å². The van der Waals surface area contributed by atoms with Crippen molar-refractivity contribution in [3.63, 3.8) is 0 Å². The third-order valence-electron chi connectivity index (χ3n) is 0. The van der Waals surface area contributed by atoms with Crippen molar-refractivity contribution in [3.8, 4) is 0 Å². The van der Waals surface area contributed by atoms with E-state index in [0.29, 0.717) is 0 Å². The minimum absolute atomic E-state index is 0. The Morgan fingerprint density at radius 2 is 1.00 bits per heavy atom. The first kappa shape index (κ1) is 47.4. The van der Waals surface area contributed by atoms with E-state index < -0.39 is 0 Å². The van der Waals surface area contributed by atoms with Gasteiger partial charge in [-0.1, -0.05) is 0 Å². The first-order valence-electron chi connectivity index (χ1n) is 0. The quantitative estimate of drug-likeness (QED) is 0.556. The molecule has 0 unspecified atom stereocenters. The summed E-state index contributed by atoms with van der Waals surface area (Å²) in [6, 6.07) is 0. The molecule has 0 bridgehead atoms. The van der Waals surface area contributed by atoms with Crippen LogP contribution in [0.3, 0.4) is 0 Å². The smallest absolute Gasteiger partial charge is 2.00 e. The zero-order chi connectivity index (χ0) is 0. The molecule has 0 heterocycles. The van der Waals surface area contributed by atoms with Crippen molar-refractivity contribution in [2.75, 3.05) is 0 Å². The van der Waals surface area contributed by atoms with Gasteiger partial charge in [0.25, 0.3) is 0 Å². The average molecular weight is 325 g/mol. The fourth-order valence-corrected chi connectivity index (χ4v) is 0. The van der Waals surface area contributed by atoms with E-state index in [1.165, 1.54) is 0 Å². The summed E-state index contributed by atoms with van der Waals surface area (Å²) >= 11 is 0. The third kappa shape index (κ3) is 20.3. The van der Waals surface area contributed by atoms with Crippen molar-refractivity contribution < 1.29 is 92.0 Å². The normalized spacial score (nSPS) is 0. The molecular weight excluding hydrogens is 325 g/mol. The van der Waals surface area contributed by atoms with Gasteiger partial charge in [-0.05, 0) is 0 Å². The van der Waals surface area contributed by atoms with E-state index in [2.05, 4.69) is 0 Å². The fourth-order valence-electron chi connectivity index (χ4n) is 0. The summed E-state index contributed by atoms with van der Waals surface area (Å²) < 4.78 is 0. The van der Waals surface area contributed by atoms with E-state index in [1.807, 2.05) is 0 Å². The van der Waals surface area contributed by atoms with Gasteiger partial charge in [0.05, 0.1) is 0 Å². The van der Waals surface area contributed by atoms with E-state index in [0.717, 1.165) is 0 Å². The van der Waals surface area contributed by atoms with E-state index in [-0.39, 0.29) is 92.0 Å². The Balaban J connectivity index is 0. The van der Waals surface area contributed by atoms with Gasteiger partial charge in [-0.25, -0.2) is 0 Å². The van der Waals surface area contributed by atoms with Gasteiger partial charge in [-0.2, -0.15) is 0 Å². The van der Waals surface area contributed by atoms with Gasteiger partial charge in [-0.3, -0.25) is 0 Å². The second-order valence-electron chi connectivity index (χ2n) is 0. The molecule has 0 atom stereocenters. The predicted molar refractivity (Wildman–Crippen MR) is 0.686 cm³/mol. The summed E-state index contributed by atoms with van der Waals surface area (Å²) in [5, 5.41) is 0. The topological polar surface area (TPSA) is 28.5 Å². The van der Waals surface area contributed by atoms with Crippen LogP contribution in [0.25, 0.3) is 0 Å². The van der Waals surface area contributed by atoms with E-state index in [4.69, 9.17) is 0 Å². The number of rotatable bonds is 0. The van der Waals surface area contributed by atoms with E-state index in [1.54, 1.807) is 0 Å². The van der Waals surface area contributed by atoms with Crippen molar-refractivity contribution in [3.05, 3.63) is 0 Å². The van der Waals surface area contributed by atoms with Gasteiger partial charge in [0.15, 0.2) is 0 Å². The molecule has 0 spiro atoms.